The normalized spacial score (nSPS) is 15.9. The minimum absolute atomic E-state index is 0.220. The van der Waals surface area contributed by atoms with Gasteiger partial charge in [0.15, 0.2) is 0 Å². The Hall–Kier alpha value is -3.81. The fourth-order valence-corrected chi connectivity index (χ4v) is 3.30. The molecule has 3 rings (SSSR count). The van der Waals surface area contributed by atoms with Gasteiger partial charge in [0.05, 0.1) is 25.3 Å². The Bertz CT molecular complexity index is 1030. The number of methoxy groups -OCH3 is 1. The molecule has 0 unspecified atom stereocenters. The van der Waals surface area contributed by atoms with Crippen LogP contribution in [0.3, 0.4) is 0 Å². The van der Waals surface area contributed by atoms with Crippen molar-refractivity contribution >= 4 is 23.6 Å². The Morgan fingerprint density at radius 3 is 2.52 bits per heavy atom. The molecule has 1 aliphatic rings. The SMILES string of the molecule is CCOC(=O)C1=C(C)N(C)C(=O)N[C@H]1c1cccc(NC(=O)c2ccc(OC)cc2)c1. The van der Waals surface area contributed by atoms with Crippen LogP contribution in [0.1, 0.15) is 35.8 Å². The Morgan fingerprint density at radius 1 is 1.16 bits per heavy atom. The van der Waals surface area contributed by atoms with Crippen LogP contribution in [0.15, 0.2) is 59.8 Å². The lowest BCUT2D eigenvalue weighted by Crippen LogP contribution is -2.46. The van der Waals surface area contributed by atoms with Crippen LogP contribution >= 0.6 is 0 Å². The summed E-state index contributed by atoms with van der Waals surface area (Å²) in [7, 11) is 3.15. The van der Waals surface area contributed by atoms with E-state index in [4.69, 9.17) is 9.47 Å². The van der Waals surface area contributed by atoms with E-state index >= 15 is 0 Å². The monoisotopic (exact) mass is 423 g/mol. The van der Waals surface area contributed by atoms with Crippen LogP contribution in [-0.2, 0) is 9.53 Å². The van der Waals surface area contributed by atoms with Crippen molar-refractivity contribution in [3.8, 4) is 5.75 Å². The van der Waals surface area contributed by atoms with Crippen molar-refractivity contribution in [3.63, 3.8) is 0 Å². The number of carbonyl (C=O) groups is 3. The molecule has 0 spiro atoms. The van der Waals surface area contributed by atoms with E-state index in [9.17, 15) is 14.4 Å². The zero-order valence-corrected chi connectivity index (χ0v) is 17.9. The maximum atomic E-state index is 12.6. The van der Waals surface area contributed by atoms with E-state index in [-0.39, 0.29) is 18.5 Å². The average molecular weight is 423 g/mol. The van der Waals surface area contributed by atoms with E-state index < -0.39 is 12.0 Å². The minimum atomic E-state index is -0.694. The predicted molar refractivity (Wildman–Crippen MR) is 116 cm³/mol. The van der Waals surface area contributed by atoms with Crippen LogP contribution in [0.25, 0.3) is 0 Å². The number of carbonyl (C=O) groups excluding carboxylic acids is 3. The second-order valence-corrected chi connectivity index (χ2v) is 6.97. The first-order valence-electron chi connectivity index (χ1n) is 9.83. The van der Waals surface area contributed by atoms with Crippen LogP contribution in [0.4, 0.5) is 10.5 Å². The van der Waals surface area contributed by atoms with Crippen molar-refractivity contribution in [1.82, 2.24) is 10.2 Å². The van der Waals surface area contributed by atoms with Gasteiger partial charge in [-0.1, -0.05) is 12.1 Å². The Kier molecular flexibility index (Phi) is 6.59. The molecule has 0 bridgehead atoms. The van der Waals surface area contributed by atoms with Crippen LogP contribution in [0.5, 0.6) is 5.75 Å². The molecule has 1 heterocycles. The summed E-state index contributed by atoms with van der Waals surface area (Å²) in [6, 6.07) is 12.7. The van der Waals surface area contributed by atoms with Crippen molar-refractivity contribution < 1.29 is 23.9 Å². The van der Waals surface area contributed by atoms with Gasteiger partial charge in [0, 0.05) is 24.0 Å². The molecule has 31 heavy (non-hydrogen) atoms. The third-order valence-corrected chi connectivity index (χ3v) is 5.08. The highest BCUT2D eigenvalue weighted by molar-refractivity contribution is 6.04. The highest BCUT2D eigenvalue weighted by Crippen LogP contribution is 2.31. The first kappa shape index (κ1) is 21.9. The van der Waals surface area contributed by atoms with Crippen molar-refractivity contribution in [2.45, 2.75) is 19.9 Å². The van der Waals surface area contributed by atoms with Crippen molar-refractivity contribution in [2.75, 3.05) is 26.1 Å². The van der Waals surface area contributed by atoms with Crippen LogP contribution in [0.2, 0.25) is 0 Å². The molecule has 2 aromatic carbocycles. The third-order valence-electron chi connectivity index (χ3n) is 5.08. The number of esters is 1. The number of allylic oxidation sites excluding steroid dienone is 1. The van der Waals surface area contributed by atoms with Gasteiger partial charge in [0.2, 0.25) is 0 Å². The molecule has 0 fully saturated rings. The Labute approximate surface area is 180 Å². The Balaban J connectivity index is 1.89. The van der Waals surface area contributed by atoms with E-state index in [2.05, 4.69) is 10.6 Å². The number of urea groups is 1. The molecular weight excluding hydrogens is 398 g/mol. The quantitative estimate of drug-likeness (QED) is 0.694. The van der Waals surface area contributed by atoms with Gasteiger partial charge in [-0.15, -0.1) is 0 Å². The number of anilines is 1. The fourth-order valence-electron chi connectivity index (χ4n) is 3.30. The zero-order valence-electron chi connectivity index (χ0n) is 17.9. The second-order valence-electron chi connectivity index (χ2n) is 6.97. The second kappa shape index (κ2) is 9.34. The van der Waals surface area contributed by atoms with Gasteiger partial charge < -0.3 is 25.0 Å². The van der Waals surface area contributed by atoms with E-state index in [0.29, 0.717) is 33.8 Å². The summed E-state index contributed by atoms with van der Waals surface area (Å²) in [5.74, 6) is -0.126. The number of amides is 3. The molecular formula is C23H25N3O5. The first-order chi connectivity index (χ1) is 14.8. The topological polar surface area (TPSA) is 97.0 Å². The highest BCUT2D eigenvalue weighted by atomic mass is 16.5. The van der Waals surface area contributed by atoms with Gasteiger partial charge in [-0.05, 0) is 55.8 Å². The summed E-state index contributed by atoms with van der Waals surface area (Å²) in [5, 5.41) is 5.67. The summed E-state index contributed by atoms with van der Waals surface area (Å²) in [6.07, 6.45) is 0. The largest absolute Gasteiger partial charge is 0.497 e. The molecule has 0 aromatic heterocycles. The molecule has 3 amide bonds. The van der Waals surface area contributed by atoms with Gasteiger partial charge in [0.25, 0.3) is 5.91 Å². The lowest BCUT2D eigenvalue weighted by molar-refractivity contribution is -0.139. The Morgan fingerprint density at radius 2 is 1.87 bits per heavy atom. The number of nitrogens with zero attached hydrogens (tertiary/aromatic N) is 1. The smallest absolute Gasteiger partial charge is 0.338 e. The first-order valence-corrected chi connectivity index (χ1v) is 9.83. The molecule has 8 nitrogen and oxygen atoms in total. The summed E-state index contributed by atoms with van der Waals surface area (Å²) < 4.78 is 10.3. The zero-order chi connectivity index (χ0) is 22.5. The summed E-state index contributed by atoms with van der Waals surface area (Å²) >= 11 is 0. The maximum absolute atomic E-state index is 12.6. The summed E-state index contributed by atoms with van der Waals surface area (Å²) in [5.41, 5.74) is 2.52. The van der Waals surface area contributed by atoms with Gasteiger partial charge in [0.1, 0.15) is 5.75 Å². The minimum Gasteiger partial charge on any atom is -0.497 e. The van der Waals surface area contributed by atoms with Crippen molar-refractivity contribution in [3.05, 3.63) is 70.9 Å². The van der Waals surface area contributed by atoms with Crippen LogP contribution in [-0.4, -0.2) is 43.6 Å². The van der Waals surface area contributed by atoms with Gasteiger partial charge in [-0.25, -0.2) is 9.59 Å². The molecule has 162 valence electrons. The number of hydrogen-bond donors (Lipinski definition) is 2. The molecule has 2 aromatic rings. The molecule has 1 atom stereocenters. The number of nitrogens with one attached hydrogen (secondary N) is 2. The standard InChI is InChI=1S/C23H25N3O5/c1-5-31-22(28)19-14(2)26(3)23(29)25-20(19)16-7-6-8-17(13-16)24-21(27)15-9-11-18(30-4)12-10-15/h6-13,20H,5H2,1-4H3,(H,24,27)(H,25,29)/t20-/m0/s1. The summed E-state index contributed by atoms with van der Waals surface area (Å²) in [6.45, 7) is 3.65. The number of benzene rings is 2. The van der Waals surface area contributed by atoms with Crippen molar-refractivity contribution in [2.24, 2.45) is 0 Å². The lowest BCUT2D eigenvalue weighted by Gasteiger charge is -2.33. The van der Waals surface area contributed by atoms with E-state index in [1.54, 1.807) is 76.5 Å². The number of rotatable bonds is 6. The molecule has 2 N–H and O–H groups in total. The third kappa shape index (κ3) is 4.69. The summed E-state index contributed by atoms with van der Waals surface area (Å²) in [4.78, 5) is 38.9. The highest BCUT2D eigenvalue weighted by Gasteiger charge is 2.35. The van der Waals surface area contributed by atoms with Crippen molar-refractivity contribution in [1.29, 1.82) is 0 Å². The molecule has 0 aliphatic carbocycles. The molecule has 1 aliphatic heterocycles. The van der Waals surface area contributed by atoms with E-state index in [1.165, 1.54) is 4.90 Å². The molecule has 8 heteroatoms. The van der Waals surface area contributed by atoms with E-state index in [0.717, 1.165) is 0 Å². The fraction of sp³-hybridized carbons (Fsp3) is 0.261. The van der Waals surface area contributed by atoms with Crippen LogP contribution < -0.4 is 15.4 Å². The van der Waals surface area contributed by atoms with Crippen LogP contribution in [0, 0.1) is 0 Å². The van der Waals surface area contributed by atoms with Gasteiger partial charge >= 0.3 is 12.0 Å². The maximum Gasteiger partial charge on any atom is 0.338 e. The number of hydrogen-bond acceptors (Lipinski definition) is 5. The molecule has 0 saturated heterocycles. The molecule has 0 saturated carbocycles. The molecule has 0 radical (unpaired) electrons. The van der Waals surface area contributed by atoms with E-state index in [1.807, 2.05) is 0 Å². The lowest BCUT2D eigenvalue weighted by atomic mass is 9.94. The van der Waals surface area contributed by atoms with Gasteiger partial charge in [-0.2, -0.15) is 0 Å². The predicted octanol–water partition coefficient (Wildman–Crippen LogP) is 3.48. The average Bonchev–Trinajstić information content (AvgIpc) is 2.77. The van der Waals surface area contributed by atoms with Gasteiger partial charge in [-0.3, -0.25) is 4.79 Å². The number of ether oxygens (including phenoxy) is 2.